The monoisotopic (exact) mass is 391 g/mol. The van der Waals surface area contributed by atoms with E-state index < -0.39 is 0 Å². The SMILES string of the molecule is CC(C)C(=O)Nc1cc(C(C)C)nn1C(C)C.CC(C)c1nnc(C(C)C)o1. The predicted molar refractivity (Wildman–Crippen MR) is 113 cm³/mol. The van der Waals surface area contributed by atoms with Gasteiger partial charge in [0.15, 0.2) is 0 Å². The van der Waals surface area contributed by atoms with Gasteiger partial charge in [0, 0.05) is 29.9 Å². The third-order valence-electron chi connectivity index (χ3n) is 4.06. The van der Waals surface area contributed by atoms with Crippen LogP contribution in [0.25, 0.3) is 0 Å². The molecule has 2 heterocycles. The van der Waals surface area contributed by atoms with Crippen LogP contribution in [0.15, 0.2) is 10.5 Å². The van der Waals surface area contributed by atoms with Gasteiger partial charge in [-0.3, -0.25) is 4.79 Å². The van der Waals surface area contributed by atoms with E-state index >= 15 is 0 Å². The van der Waals surface area contributed by atoms with E-state index in [4.69, 9.17) is 4.42 Å². The molecule has 0 aliphatic heterocycles. The molecule has 2 aromatic rings. The van der Waals surface area contributed by atoms with E-state index in [0.717, 1.165) is 23.3 Å². The smallest absolute Gasteiger partial charge is 0.228 e. The van der Waals surface area contributed by atoms with Crippen molar-refractivity contribution in [1.29, 1.82) is 0 Å². The Balaban J connectivity index is 0.000000307. The minimum atomic E-state index is -0.0204. The largest absolute Gasteiger partial charge is 0.425 e. The van der Waals surface area contributed by atoms with Gasteiger partial charge in [-0.1, -0.05) is 55.4 Å². The van der Waals surface area contributed by atoms with Crippen LogP contribution in [0.5, 0.6) is 0 Å². The van der Waals surface area contributed by atoms with Crippen LogP contribution in [-0.2, 0) is 4.79 Å². The van der Waals surface area contributed by atoms with Gasteiger partial charge >= 0.3 is 0 Å². The molecule has 0 fully saturated rings. The summed E-state index contributed by atoms with van der Waals surface area (Å²) in [7, 11) is 0. The van der Waals surface area contributed by atoms with E-state index in [0.29, 0.717) is 17.8 Å². The number of carbonyl (C=O) groups is 1. The highest BCUT2D eigenvalue weighted by Crippen LogP contribution is 2.22. The summed E-state index contributed by atoms with van der Waals surface area (Å²) in [6.07, 6.45) is 0. The molecule has 1 amide bonds. The molecular formula is C21H37N5O2. The Hall–Kier alpha value is -2.18. The summed E-state index contributed by atoms with van der Waals surface area (Å²) < 4.78 is 7.25. The number of hydrogen-bond donors (Lipinski definition) is 1. The Kier molecular flexibility index (Phi) is 8.85. The van der Waals surface area contributed by atoms with E-state index in [9.17, 15) is 4.79 Å². The Bertz CT molecular complexity index is 719. The van der Waals surface area contributed by atoms with Crippen LogP contribution in [0.4, 0.5) is 5.82 Å². The maximum absolute atomic E-state index is 11.7. The zero-order valence-electron chi connectivity index (χ0n) is 19.1. The number of carbonyl (C=O) groups excluding carboxylic acids is 1. The zero-order chi connectivity index (χ0) is 21.6. The summed E-state index contributed by atoms with van der Waals surface area (Å²) in [6.45, 7) is 20.2. The Morgan fingerprint density at radius 1 is 0.893 bits per heavy atom. The van der Waals surface area contributed by atoms with Crippen molar-refractivity contribution in [2.75, 3.05) is 5.32 Å². The molecule has 0 aliphatic carbocycles. The molecule has 0 spiro atoms. The lowest BCUT2D eigenvalue weighted by molar-refractivity contribution is -0.118. The normalized spacial score (nSPS) is 11.5. The molecule has 0 radical (unpaired) electrons. The van der Waals surface area contributed by atoms with Gasteiger partial charge in [-0.15, -0.1) is 10.2 Å². The predicted octanol–water partition coefficient (Wildman–Crippen LogP) is 5.50. The molecular weight excluding hydrogens is 354 g/mol. The van der Waals surface area contributed by atoms with Gasteiger partial charge in [0.05, 0.1) is 5.69 Å². The molecule has 7 heteroatoms. The average molecular weight is 392 g/mol. The summed E-state index contributed by atoms with van der Waals surface area (Å²) in [5.74, 6) is 3.29. The molecule has 0 atom stereocenters. The standard InChI is InChI=1S/C13H23N3O.C8H14N2O/c1-8(2)11-7-12(14-13(17)9(3)4)16(15-11)10(5)6;1-5(2)7-9-10-8(11-7)6(3)4/h7-10H,1-6H3,(H,14,17);5-6H,1-4H3. The van der Waals surface area contributed by atoms with Gasteiger partial charge in [0.2, 0.25) is 17.7 Å². The first-order chi connectivity index (χ1) is 12.9. The van der Waals surface area contributed by atoms with Gasteiger partial charge in [-0.05, 0) is 19.8 Å². The van der Waals surface area contributed by atoms with Crippen LogP contribution < -0.4 is 5.32 Å². The summed E-state index contributed by atoms with van der Waals surface area (Å²) in [4.78, 5) is 11.7. The van der Waals surface area contributed by atoms with Crippen molar-refractivity contribution in [3.8, 4) is 0 Å². The average Bonchev–Trinajstić information content (AvgIpc) is 3.22. The van der Waals surface area contributed by atoms with E-state index in [1.807, 2.05) is 52.3 Å². The lowest BCUT2D eigenvalue weighted by Gasteiger charge is -2.12. The Morgan fingerprint density at radius 2 is 1.39 bits per heavy atom. The molecule has 0 aliphatic rings. The van der Waals surface area contributed by atoms with Crippen LogP contribution in [0, 0.1) is 5.92 Å². The second-order valence-corrected chi connectivity index (χ2v) is 8.58. The highest BCUT2D eigenvalue weighted by molar-refractivity contribution is 5.91. The molecule has 2 aromatic heterocycles. The maximum Gasteiger partial charge on any atom is 0.228 e. The summed E-state index contributed by atoms with van der Waals surface area (Å²) >= 11 is 0. The van der Waals surface area contributed by atoms with E-state index in [1.165, 1.54) is 0 Å². The highest BCUT2D eigenvalue weighted by atomic mass is 16.4. The molecule has 7 nitrogen and oxygen atoms in total. The van der Waals surface area contributed by atoms with Crippen molar-refractivity contribution >= 4 is 11.7 Å². The van der Waals surface area contributed by atoms with Crippen molar-refractivity contribution in [2.24, 2.45) is 5.92 Å². The topological polar surface area (TPSA) is 85.8 Å². The lowest BCUT2D eigenvalue weighted by atomic mass is 10.1. The zero-order valence-corrected chi connectivity index (χ0v) is 19.1. The minimum Gasteiger partial charge on any atom is -0.425 e. The van der Waals surface area contributed by atoms with Crippen LogP contribution >= 0.6 is 0 Å². The number of nitrogens with one attached hydrogen (secondary N) is 1. The molecule has 0 unspecified atom stereocenters. The van der Waals surface area contributed by atoms with Crippen LogP contribution in [0.3, 0.4) is 0 Å². The summed E-state index contributed by atoms with van der Waals surface area (Å²) in [5.41, 5.74) is 1.01. The van der Waals surface area contributed by atoms with Gasteiger partial charge in [0.1, 0.15) is 5.82 Å². The van der Waals surface area contributed by atoms with Crippen molar-refractivity contribution in [3.63, 3.8) is 0 Å². The van der Waals surface area contributed by atoms with Crippen LogP contribution in [-0.4, -0.2) is 25.9 Å². The molecule has 0 bridgehead atoms. The molecule has 2 rings (SSSR count). The van der Waals surface area contributed by atoms with Crippen LogP contribution in [0.2, 0.25) is 0 Å². The van der Waals surface area contributed by atoms with Gasteiger partial charge < -0.3 is 9.73 Å². The number of rotatable bonds is 6. The molecule has 0 saturated heterocycles. The first-order valence-electron chi connectivity index (χ1n) is 10.2. The fraction of sp³-hybridized carbons (Fsp3) is 0.714. The Morgan fingerprint density at radius 3 is 1.71 bits per heavy atom. The third kappa shape index (κ3) is 6.77. The van der Waals surface area contributed by atoms with Crippen molar-refractivity contribution < 1.29 is 9.21 Å². The quantitative estimate of drug-likeness (QED) is 0.703. The number of aromatic nitrogens is 4. The number of nitrogens with zero attached hydrogens (tertiary/aromatic N) is 4. The van der Waals surface area contributed by atoms with Gasteiger partial charge in [-0.2, -0.15) is 5.10 Å². The van der Waals surface area contributed by atoms with E-state index in [2.05, 4.69) is 48.3 Å². The lowest BCUT2D eigenvalue weighted by Crippen LogP contribution is -2.20. The second-order valence-electron chi connectivity index (χ2n) is 8.58. The highest BCUT2D eigenvalue weighted by Gasteiger charge is 2.16. The van der Waals surface area contributed by atoms with Crippen molar-refractivity contribution in [2.45, 2.75) is 93.0 Å². The molecule has 28 heavy (non-hydrogen) atoms. The van der Waals surface area contributed by atoms with Gasteiger partial charge in [-0.25, -0.2) is 4.68 Å². The molecule has 1 N–H and O–H groups in total. The number of amides is 1. The summed E-state index contributed by atoms with van der Waals surface area (Å²) in [6, 6.07) is 2.20. The first kappa shape index (κ1) is 23.9. The summed E-state index contributed by atoms with van der Waals surface area (Å²) in [5, 5.41) is 15.3. The Labute approximate surface area is 169 Å². The minimum absolute atomic E-state index is 0.0204. The van der Waals surface area contributed by atoms with Gasteiger partial charge in [0.25, 0.3) is 0 Å². The molecule has 0 aromatic carbocycles. The number of anilines is 1. The van der Waals surface area contributed by atoms with Crippen molar-refractivity contribution in [1.82, 2.24) is 20.0 Å². The first-order valence-corrected chi connectivity index (χ1v) is 10.2. The van der Waals surface area contributed by atoms with E-state index in [-0.39, 0.29) is 17.9 Å². The fourth-order valence-corrected chi connectivity index (χ4v) is 2.17. The number of hydrogen-bond acceptors (Lipinski definition) is 5. The van der Waals surface area contributed by atoms with Crippen molar-refractivity contribution in [3.05, 3.63) is 23.5 Å². The molecule has 158 valence electrons. The van der Waals surface area contributed by atoms with Crippen LogP contribution in [0.1, 0.15) is 111 Å². The van der Waals surface area contributed by atoms with E-state index in [1.54, 1.807) is 0 Å². The maximum atomic E-state index is 11.7. The second kappa shape index (κ2) is 10.4. The fourth-order valence-electron chi connectivity index (χ4n) is 2.17. The molecule has 0 saturated carbocycles. The third-order valence-corrected chi connectivity index (χ3v) is 4.06.